The summed E-state index contributed by atoms with van der Waals surface area (Å²) in [5.41, 5.74) is 0.490. The van der Waals surface area contributed by atoms with Gasteiger partial charge in [-0.3, -0.25) is 4.79 Å². The lowest BCUT2D eigenvalue weighted by Crippen LogP contribution is -1.93. The fourth-order valence-corrected chi connectivity index (χ4v) is 1.22. The number of nitrogens with zero attached hydrogens (tertiary/aromatic N) is 1. The first-order valence-corrected chi connectivity index (χ1v) is 3.92. The molecule has 1 N–H and O–H groups in total. The normalized spacial score (nSPS) is 10.3. The highest BCUT2D eigenvalue weighted by atomic mass is 32.1. The van der Waals surface area contributed by atoms with Crippen LogP contribution >= 0.6 is 11.3 Å². The van der Waals surface area contributed by atoms with E-state index in [-0.39, 0.29) is 5.01 Å². The van der Waals surface area contributed by atoms with Crippen molar-refractivity contribution in [3.63, 3.8) is 0 Å². The average Bonchev–Trinajstić information content (AvgIpc) is 2.48. The van der Waals surface area contributed by atoms with Crippen LogP contribution in [0.3, 0.4) is 0 Å². The van der Waals surface area contributed by atoms with Gasteiger partial charge in [-0.15, -0.1) is 11.3 Å². The summed E-state index contributed by atoms with van der Waals surface area (Å²) < 4.78 is 0. The van der Waals surface area contributed by atoms with E-state index in [9.17, 15) is 9.59 Å². The zero-order chi connectivity index (χ0) is 8.97. The molecular weight excluding hydrogens is 178 g/mol. The van der Waals surface area contributed by atoms with Gasteiger partial charge in [-0.25, -0.2) is 9.78 Å². The van der Waals surface area contributed by atoms with Crippen LogP contribution in [0, 0.1) is 0 Å². The molecule has 0 aliphatic rings. The minimum absolute atomic E-state index is 0.0283. The molecule has 0 aromatic carbocycles. The lowest BCUT2D eigenvalue weighted by molar-refractivity contribution is -0.104. The Morgan fingerprint density at radius 1 is 1.67 bits per heavy atom. The summed E-state index contributed by atoms with van der Waals surface area (Å²) >= 11 is 1.03. The van der Waals surface area contributed by atoms with Crippen LogP contribution in [-0.2, 0) is 4.79 Å². The third-order valence-electron chi connectivity index (χ3n) is 1.05. The van der Waals surface area contributed by atoms with E-state index in [4.69, 9.17) is 5.11 Å². The number of aromatic nitrogens is 1. The first-order valence-electron chi connectivity index (χ1n) is 3.04. The van der Waals surface area contributed by atoms with Crippen LogP contribution in [0.5, 0.6) is 0 Å². The Morgan fingerprint density at radius 2 is 2.42 bits per heavy atom. The fraction of sp³-hybridized carbons (Fsp3) is 0. The summed E-state index contributed by atoms with van der Waals surface area (Å²) in [6, 6.07) is 0. The molecule has 1 heterocycles. The standard InChI is InChI=1S/C7H5NO3S/c9-3-1-2-5-4-12-6(8-5)7(10)11/h1-4H,(H,10,11). The van der Waals surface area contributed by atoms with Crippen molar-refractivity contribution in [3.8, 4) is 0 Å². The van der Waals surface area contributed by atoms with Gasteiger partial charge in [0, 0.05) is 5.38 Å². The minimum atomic E-state index is -1.05. The van der Waals surface area contributed by atoms with Crippen LogP contribution in [0.25, 0.3) is 6.08 Å². The van der Waals surface area contributed by atoms with Crippen LogP contribution in [0.2, 0.25) is 0 Å². The van der Waals surface area contributed by atoms with E-state index in [1.54, 1.807) is 5.38 Å². The molecule has 0 aliphatic heterocycles. The third kappa shape index (κ3) is 2.00. The van der Waals surface area contributed by atoms with Gasteiger partial charge in [0.1, 0.15) is 6.29 Å². The van der Waals surface area contributed by atoms with Crippen molar-refractivity contribution in [1.82, 2.24) is 4.98 Å². The molecule has 0 fully saturated rings. The maximum absolute atomic E-state index is 10.3. The molecule has 5 heteroatoms. The molecule has 0 saturated carbocycles. The van der Waals surface area contributed by atoms with E-state index in [1.165, 1.54) is 12.2 Å². The van der Waals surface area contributed by atoms with E-state index in [0.717, 1.165) is 11.3 Å². The monoisotopic (exact) mass is 183 g/mol. The zero-order valence-corrected chi connectivity index (χ0v) is 6.75. The number of carboxylic acid groups (broad SMARTS) is 1. The summed E-state index contributed by atoms with van der Waals surface area (Å²) in [7, 11) is 0. The summed E-state index contributed by atoms with van der Waals surface area (Å²) in [4.78, 5) is 24.0. The number of carboxylic acids is 1. The predicted octanol–water partition coefficient (Wildman–Crippen LogP) is 1.05. The third-order valence-corrected chi connectivity index (χ3v) is 1.90. The Hall–Kier alpha value is -1.49. The Bertz CT molecular complexity index is 329. The molecule has 0 saturated heterocycles. The summed E-state index contributed by atoms with van der Waals surface area (Å²) in [6.45, 7) is 0. The van der Waals surface area contributed by atoms with Crippen LogP contribution in [0.1, 0.15) is 15.5 Å². The molecule has 0 atom stereocenters. The van der Waals surface area contributed by atoms with Crippen molar-refractivity contribution in [3.05, 3.63) is 22.2 Å². The second kappa shape index (κ2) is 3.77. The Balaban J connectivity index is 2.84. The largest absolute Gasteiger partial charge is 0.476 e. The van der Waals surface area contributed by atoms with Gasteiger partial charge in [0.15, 0.2) is 0 Å². The highest BCUT2D eigenvalue weighted by molar-refractivity contribution is 7.11. The van der Waals surface area contributed by atoms with Crippen molar-refractivity contribution >= 4 is 29.7 Å². The molecule has 0 radical (unpaired) electrons. The maximum atomic E-state index is 10.3. The van der Waals surface area contributed by atoms with Gasteiger partial charge in [0.25, 0.3) is 0 Å². The summed E-state index contributed by atoms with van der Waals surface area (Å²) in [6.07, 6.45) is 3.33. The van der Waals surface area contributed by atoms with Crippen LogP contribution < -0.4 is 0 Å². The van der Waals surface area contributed by atoms with Gasteiger partial charge in [0.2, 0.25) is 5.01 Å². The molecule has 0 amide bonds. The maximum Gasteiger partial charge on any atom is 0.365 e. The van der Waals surface area contributed by atoms with Crippen LogP contribution in [-0.4, -0.2) is 22.3 Å². The van der Waals surface area contributed by atoms with Crippen molar-refractivity contribution in [2.24, 2.45) is 0 Å². The van der Waals surface area contributed by atoms with E-state index in [0.29, 0.717) is 12.0 Å². The molecular formula is C7H5NO3S. The Morgan fingerprint density at radius 3 is 2.92 bits per heavy atom. The quantitative estimate of drug-likeness (QED) is 0.561. The number of carbonyl (C=O) groups is 2. The van der Waals surface area contributed by atoms with Gasteiger partial charge in [-0.05, 0) is 12.2 Å². The number of aldehydes is 1. The van der Waals surface area contributed by atoms with Crippen molar-refractivity contribution in [2.75, 3.05) is 0 Å². The summed E-state index contributed by atoms with van der Waals surface area (Å²) in [5.74, 6) is -1.05. The lowest BCUT2D eigenvalue weighted by Gasteiger charge is -1.80. The van der Waals surface area contributed by atoms with Crippen LogP contribution in [0.4, 0.5) is 0 Å². The minimum Gasteiger partial charge on any atom is -0.476 e. The smallest absolute Gasteiger partial charge is 0.365 e. The second-order valence-corrected chi connectivity index (χ2v) is 2.74. The molecule has 62 valence electrons. The number of allylic oxidation sites excluding steroid dienone is 1. The molecule has 0 spiro atoms. The molecule has 4 nitrogen and oxygen atoms in total. The average molecular weight is 183 g/mol. The first kappa shape index (κ1) is 8.61. The number of carbonyl (C=O) groups excluding carboxylic acids is 1. The number of aromatic carboxylic acids is 1. The van der Waals surface area contributed by atoms with E-state index < -0.39 is 5.97 Å². The lowest BCUT2D eigenvalue weighted by atomic mass is 10.4. The number of hydrogen-bond acceptors (Lipinski definition) is 4. The fourth-order valence-electron chi connectivity index (χ4n) is 0.599. The van der Waals surface area contributed by atoms with Gasteiger partial charge in [-0.2, -0.15) is 0 Å². The van der Waals surface area contributed by atoms with Crippen molar-refractivity contribution in [1.29, 1.82) is 0 Å². The van der Waals surface area contributed by atoms with Gasteiger partial charge >= 0.3 is 5.97 Å². The van der Waals surface area contributed by atoms with Gasteiger partial charge < -0.3 is 5.11 Å². The SMILES string of the molecule is O=CC=Cc1csc(C(=O)O)n1. The highest BCUT2D eigenvalue weighted by Gasteiger charge is 2.06. The second-order valence-electron chi connectivity index (χ2n) is 1.88. The zero-order valence-electron chi connectivity index (χ0n) is 5.93. The number of hydrogen-bond donors (Lipinski definition) is 1. The Kier molecular flexibility index (Phi) is 2.71. The molecule has 12 heavy (non-hydrogen) atoms. The summed E-state index contributed by atoms with van der Waals surface area (Å²) in [5, 5.41) is 10.1. The highest BCUT2D eigenvalue weighted by Crippen LogP contribution is 2.10. The van der Waals surface area contributed by atoms with Crippen molar-refractivity contribution < 1.29 is 14.7 Å². The first-order chi connectivity index (χ1) is 5.74. The molecule has 1 rings (SSSR count). The topological polar surface area (TPSA) is 67.3 Å². The Labute approximate surface area is 72.2 Å². The van der Waals surface area contributed by atoms with E-state index in [2.05, 4.69) is 4.98 Å². The predicted molar refractivity (Wildman–Crippen MR) is 44.2 cm³/mol. The molecule has 0 bridgehead atoms. The van der Waals surface area contributed by atoms with E-state index in [1.807, 2.05) is 0 Å². The van der Waals surface area contributed by atoms with Gasteiger partial charge in [-0.1, -0.05) is 0 Å². The van der Waals surface area contributed by atoms with Crippen LogP contribution in [0.15, 0.2) is 11.5 Å². The van der Waals surface area contributed by atoms with Gasteiger partial charge in [0.05, 0.1) is 5.69 Å². The molecule has 1 aromatic rings. The van der Waals surface area contributed by atoms with E-state index >= 15 is 0 Å². The van der Waals surface area contributed by atoms with Crippen molar-refractivity contribution in [2.45, 2.75) is 0 Å². The number of rotatable bonds is 3. The number of thiazole rings is 1. The molecule has 0 unspecified atom stereocenters. The molecule has 0 aliphatic carbocycles. The molecule has 1 aromatic heterocycles.